The molecule has 2 atom stereocenters. The van der Waals surface area contributed by atoms with Crippen molar-refractivity contribution in [3.05, 3.63) is 30.3 Å². The number of likely N-dealkylation sites (N-methyl/N-ethyl adjacent to an activating group) is 1. The Kier molecular flexibility index (Phi) is 16.9. The van der Waals surface area contributed by atoms with Crippen LogP contribution in [0.2, 0.25) is 0 Å². The van der Waals surface area contributed by atoms with Crippen LogP contribution in [0.15, 0.2) is 30.3 Å². The number of amides is 4. The van der Waals surface area contributed by atoms with Crippen molar-refractivity contribution in [3.63, 3.8) is 0 Å². The smallest absolute Gasteiger partial charge is 0.355 e. The van der Waals surface area contributed by atoms with E-state index in [1.165, 1.54) is 24.7 Å². The Morgan fingerprint density at radius 1 is 1.18 bits per heavy atom. The molecule has 12 heteroatoms. The molecule has 2 aliphatic rings. The van der Waals surface area contributed by atoms with E-state index in [2.05, 4.69) is 30.6 Å². The van der Waals surface area contributed by atoms with Crippen LogP contribution < -0.4 is 10.6 Å². The third-order valence-corrected chi connectivity index (χ3v) is 6.17. The number of alkyl halides is 3. The first-order valence-corrected chi connectivity index (χ1v) is 13.2. The molecule has 4 amide bonds. The van der Waals surface area contributed by atoms with Gasteiger partial charge < -0.3 is 20.4 Å². The Bertz CT molecular complexity index is 948. The molecule has 9 nitrogen and oxygen atoms in total. The fraction of sp³-hybridized carbons (Fsp3) is 0.607. The summed E-state index contributed by atoms with van der Waals surface area (Å²) in [6.07, 6.45) is 0.740. The molecule has 1 aliphatic carbocycles. The number of nitrogens with zero attached hydrogens (tertiary/aromatic N) is 3. The Hall–Kier alpha value is -3.62. The van der Waals surface area contributed by atoms with E-state index in [1.54, 1.807) is 11.9 Å². The number of carbonyl (C=O) groups excluding carboxylic acids is 4. The highest BCUT2D eigenvalue weighted by Gasteiger charge is 2.62. The molecule has 2 fully saturated rings. The number of rotatable bonds is 8. The van der Waals surface area contributed by atoms with E-state index in [0.717, 1.165) is 12.1 Å². The minimum absolute atomic E-state index is 0.0500. The van der Waals surface area contributed by atoms with Crippen molar-refractivity contribution in [2.75, 3.05) is 32.0 Å². The molecule has 0 bridgehead atoms. The molecule has 224 valence electrons. The number of benzene rings is 1. The fourth-order valence-electron chi connectivity index (χ4n) is 3.39. The van der Waals surface area contributed by atoms with Crippen molar-refractivity contribution in [1.82, 2.24) is 15.1 Å². The number of likely N-dealkylation sites (tertiary alicyclic amines) is 1. The summed E-state index contributed by atoms with van der Waals surface area (Å²) in [5, 5.41) is 13.6. The van der Waals surface area contributed by atoms with E-state index in [9.17, 15) is 32.3 Å². The highest BCUT2D eigenvalue weighted by molar-refractivity contribution is 5.81. The Morgan fingerprint density at radius 3 is 2.15 bits per heavy atom. The van der Waals surface area contributed by atoms with E-state index >= 15 is 0 Å². The molecule has 40 heavy (non-hydrogen) atoms. The van der Waals surface area contributed by atoms with Crippen molar-refractivity contribution < 1.29 is 32.3 Å². The Labute approximate surface area is 235 Å². The molecule has 1 aromatic carbocycles. The Balaban J connectivity index is 0.000000547. The third-order valence-electron chi connectivity index (χ3n) is 6.17. The second-order valence-electron chi connectivity index (χ2n) is 9.87. The van der Waals surface area contributed by atoms with Crippen LogP contribution in [0.5, 0.6) is 0 Å². The van der Waals surface area contributed by atoms with Gasteiger partial charge in [-0.2, -0.15) is 18.4 Å². The molecule has 1 saturated heterocycles. The average molecular weight is 570 g/mol. The normalized spacial score (nSPS) is 18.0. The molecule has 1 saturated carbocycles. The summed E-state index contributed by atoms with van der Waals surface area (Å²) in [6, 6.07) is 11.1. The number of carbonyl (C=O) groups is 4. The molecule has 2 unspecified atom stereocenters. The van der Waals surface area contributed by atoms with E-state index in [-0.39, 0.29) is 37.9 Å². The van der Waals surface area contributed by atoms with Gasteiger partial charge in [0.25, 0.3) is 0 Å². The van der Waals surface area contributed by atoms with Crippen molar-refractivity contribution in [1.29, 1.82) is 5.26 Å². The summed E-state index contributed by atoms with van der Waals surface area (Å²) >= 11 is 0. The van der Waals surface area contributed by atoms with Gasteiger partial charge in [0.2, 0.25) is 24.6 Å². The van der Waals surface area contributed by atoms with Crippen LogP contribution in [-0.4, -0.2) is 73.3 Å². The number of hydrogen-bond acceptors (Lipinski definition) is 5. The summed E-state index contributed by atoms with van der Waals surface area (Å²) < 4.78 is 36.6. The number of unbranched alkanes of at least 4 members (excludes halogenated alkanes) is 1. The standard InChI is InChI=1S/C10H15N3O2.C7H10F3NO.C7H7NO.C4H10/c1-8-3-9(4-11)13(5-8)10(15)6-12(2)7-14;1-5(12)11-4-6(2-3-6)7(8,9)10;9-6-8-7-4-2-1-3-5-7;1-3-4-2/h7-9H,3,5-6H2,1-2H3;2-4H2,1H3,(H,11,12);1-6H,(H,8,9);3-4H2,1-2H3. The van der Waals surface area contributed by atoms with E-state index in [0.29, 0.717) is 25.3 Å². The van der Waals surface area contributed by atoms with Crippen LogP contribution in [0.25, 0.3) is 0 Å². The van der Waals surface area contributed by atoms with E-state index in [4.69, 9.17) is 5.26 Å². The topological polar surface area (TPSA) is 123 Å². The lowest BCUT2D eigenvalue weighted by molar-refractivity contribution is -0.185. The largest absolute Gasteiger partial charge is 0.396 e. The summed E-state index contributed by atoms with van der Waals surface area (Å²) in [6.45, 7) is 7.98. The molecule has 1 aromatic rings. The summed E-state index contributed by atoms with van der Waals surface area (Å²) in [7, 11) is 1.55. The van der Waals surface area contributed by atoms with Crippen LogP contribution in [0.1, 0.15) is 59.8 Å². The number of nitriles is 1. The van der Waals surface area contributed by atoms with Crippen molar-refractivity contribution in [2.45, 2.75) is 72.0 Å². The van der Waals surface area contributed by atoms with Gasteiger partial charge in [-0.15, -0.1) is 0 Å². The Morgan fingerprint density at radius 2 is 1.75 bits per heavy atom. The molecule has 2 N–H and O–H groups in total. The van der Waals surface area contributed by atoms with Gasteiger partial charge in [0, 0.05) is 32.7 Å². The van der Waals surface area contributed by atoms with Crippen LogP contribution in [0, 0.1) is 22.7 Å². The van der Waals surface area contributed by atoms with Gasteiger partial charge in [0.05, 0.1) is 18.0 Å². The summed E-state index contributed by atoms with van der Waals surface area (Å²) in [4.78, 5) is 45.1. The third kappa shape index (κ3) is 14.0. The first kappa shape index (κ1) is 36.4. The molecule has 0 spiro atoms. The molecular formula is C28H42F3N5O4. The van der Waals surface area contributed by atoms with Crippen molar-refractivity contribution in [2.24, 2.45) is 11.3 Å². The lowest BCUT2D eigenvalue weighted by Crippen LogP contribution is -2.41. The average Bonchev–Trinajstić information content (AvgIpc) is 3.64. The van der Waals surface area contributed by atoms with Gasteiger partial charge >= 0.3 is 6.18 Å². The molecule has 1 heterocycles. The van der Waals surface area contributed by atoms with Gasteiger partial charge in [-0.1, -0.05) is 51.8 Å². The molecular weight excluding hydrogens is 527 g/mol. The number of para-hydroxylation sites is 1. The predicted octanol–water partition coefficient (Wildman–Crippen LogP) is 4.36. The second-order valence-corrected chi connectivity index (χ2v) is 9.87. The summed E-state index contributed by atoms with van der Waals surface area (Å²) in [5.41, 5.74) is -0.786. The quantitative estimate of drug-likeness (QED) is 0.451. The maximum Gasteiger partial charge on any atom is 0.396 e. The number of hydrogen-bond donors (Lipinski definition) is 2. The predicted molar refractivity (Wildman–Crippen MR) is 147 cm³/mol. The lowest BCUT2D eigenvalue weighted by Gasteiger charge is -2.21. The van der Waals surface area contributed by atoms with Gasteiger partial charge in [0.1, 0.15) is 6.04 Å². The highest BCUT2D eigenvalue weighted by Crippen LogP contribution is 2.56. The monoisotopic (exact) mass is 569 g/mol. The minimum atomic E-state index is -4.17. The van der Waals surface area contributed by atoms with Gasteiger partial charge in [-0.25, -0.2) is 0 Å². The SMILES string of the molecule is CC(=O)NCC1(C(F)(F)F)CC1.CC1CC(C#N)N(C(=O)CN(C)C=O)C1.CCCC.O=CNc1ccccc1. The molecule has 0 radical (unpaired) electrons. The molecule has 1 aliphatic heterocycles. The lowest BCUT2D eigenvalue weighted by atomic mass is 10.1. The molecule has 3 rings (SSSR count). The highest BCUT2D eigenvalue weighted by atomic mass is 19.4. The van der Waals surface area contributed by atoms with Gasteiger partial charge in [-0.3, -0.25) is 19.2 Å². The van der Waals surface area contributed by atoms with E-state index < -0.39 is 17.5 Å². The molecule has 0 aromatic heterocycles. The first-order valence-electron chi connectivity index (χ1n) is 13.2. The fourth-order valence-corrected chi connectivity index (χ4v) is 3.39. The van der Waals surface area contributed by atoms with Crippen LogP contribution >= 0.6 is 0 Å². The number of nitrogens with one attached hydrogen (secondary N) is 2. The van der Waals surface area contributed by atoms with Crippen LogP contribution in [0.3, 0.4) is 0 Å². The zero-order chi connectivity index (χ0) is 30.8. The van der Waals surface area contributed by atoms with Crippen LogP contribution in [-0.2, 0) is 19.2 Å². The van der Waals surface area contributed by atoms with Crippen molar-refractivity contribution >= 4 is 30.3 Å². The minimum Gasteiger partial charge on any atom is -0.355 e. The second kappa shape index (κ2) is 18.6. The zero-order valence-corrected chi connectivity index (χ0v) is 24.0. The van der Waals surface area contributed by atoms with E-state index in [1.807, 2.05) is 37.3 Å². The maximum absolute atomic E-state index is 12.2. The summed E-state index contributed by atoms with van der Waals surface area (Å²) in [5.74, 6) is -0.203. The van der Waals surface area contributed by atoms with Gasteiger partial charge in [-0.05, 0) is 37.3 Å². The maximum atomic E-state index is 12.2. The number of halogens is 3. The van der Waals surface area contributed by atoms with Crippen molar-refractivity contribution in [3.8, 4) is 6.07 Å². The van der Waals surface area contributed by atoms with Gasteiger partial charge in [0.15, 0.2) is 0 Å². The first-order chi connectivity index (χ1) is 18.8. The number of anilines is 1. The van der Waals surface area contributed by atoms with Crippen LogP contribution in [0.4, 0.5) is 18.9 Å². The zero-order valence-electron chi connectivity index (χ0n) is 24.0.